The summed E-state index contributed by atoms with van der Waals surface area (Å²) in [6, 6.07) is 12.1. The molecule has 0 atom stereocenters. The van der Waals surface area contributed by atoms with Crippen molar-refractivity contribution in [2.45, 2.75) is 18.2 Å². The molecule has 4 nitrogen and oxygen atoms in total. The molecule has 0 saturated heterocycles. The lowest BCUT2D eigenvalue weighted by molar-refractivity contribution is 0.581. The molecule has 112 valence electrons. The zero-order valence-electron chi connectivity index (χ0n) is 11.6. The van der Waals surface area contributed by atoms with Gasteiger partial charge in [-0.25, -0.2) is 13.1 Å². The average molecular weight is 325 g/mol. The Hall–Kier alpha value is -1.56. The van der Waals surface area contributed by atoms with Gasteiger partial charge in [-0.3, -0.25) is 0 Å². The van der Waals surface area contributed by atoms with Crippen molar-refractivity contribution in [3.05, 3.63) is 58.6 Å². The van der Waals surface area contributed by atoms with Crippen molar-refractivity contribution >= 4 is 27.3 Å². The summed E-state index contributed by atoms with van der Waals surface area (Å²) in [5.74, 6) is 0. The highest BCUT2D eigenvalue weighted by atomic mass is 35.5. The Labute approximate surface area is 130 Å². The van der Waals surface area contributed by atoms with Crippen LogP contribution >= 0.6 is 11.6 Å². The van der Waals surface area contributed by atoms with Crippen LogP contribution in [0.3, 0.4) is 0 Å². The third kappa shape index (κ3) is 4.46. The van der Waals surface area contributed by atoms with E-state index in [2.05, 4.69) is 4.72 Å². The van der Waals surface area contributed by atoms with Crippen LogP contribution in [-0.2, 0) is 16.4 Å². The number of sulfonamides is 1. The highest BCUT2D eigenvalue weighted by molar-refractivity contribution is 7.89. The lowest BCUT2D eigenvalue weighted by atomic mass is 10.2. The number of aryl methyl sites for hydroxylation is 1. The van der Waals surface area contributed by atoms with Gasteiger partial charge in [0.1, 0.15) is 0 Å². The summed E-state index contributed by atoms with van der Waals surface area (Å²) in [5.41, 5.74) is 7.91. The van der Waals surface area contributed by atoms with E-state index in [9.17, 15) is 8.42 Å². The molecule has 0 unspecified atom stereocenters. The topological polar surface area (TPSA) is 72.2 Å². The van der Waals surface area contributed by atoms with Gasteiger partial charge in [-0.2, -0.15) is 0 Å². The molecule has 0 bridgehead atoms. The van der Waals surface area contributed by atoms with E-state index in [1.807, 2.05) is 18.2 Å². The number of halogens is 1. The van der Waals surface area contributed by atoms with Gasteiger partial charge in [0.15, 0.2) is 0 Å². The first kappa shape index (κ1) is 15.8. The van der Waals surface area contributed by atoms with Crippen molar-refractivity contribution in [1.82, 2.24) is 4.72 Å². The number of benzene rings is 2. The number of nitrogen functional groups attached to an aromatic ring is 1. The number of anilines is 1. The first-order valence-electron chi connectivity index (χ1n) is 6.48. The normalized spacial score (nSPS) is 11.5. The van der Waals surface area contributed by atoms with Crippen LogP contribution in [0, 0.1) is 6.92 Å². The third-order valence-electron chi connectivity index (χ3n) is 2.98. The molecule has 0 fully saturated rings. The quantitative estimate of drug-likeness (QED) is 0.831. The van der Waals surface area contributed by atoms with Gasteiger partial charge in [0.2, 0.25) is 10.0 Å². The molecule has 2 aromatic carbocycles. The first-order valence-corrected chi connectivity index (χ1v) is 8.34. The fourth-order valence-corrected chi connectivity index (χ4v) is 3.42. The van der Waals surface area contributed by atoms with Crippen LogP contribution < -0.4 is 10.5 Å². The number of hydrogen-bond donors (Lipinski definition) is 2. The second kappa shape index (κ2) is 6.47. The van der Waals surface area contributed by atoms with Crippen molar-refractivity contribution in [3.63, 3.8) is 0 Å². The molecule has 21 heavy (non-hydrogen) atoms. The minimum atomic E-state index is -3.55. The molecule has 0 aliphatic heterocycles. The van der Waals surface area contributed by atoms with E-state index in [-0.39, 0.29) is 4.90 Å². The largest absolute Gasteiger partial charge is 0.399 e. The Morgan fingerprint density at radius 1 is 1.19 bits per heavy atom. The van der Waals surface area contributed by atoms with Gasteiger partial charge in [0, 0.05) is 17.3 Å². The first-order chi connectivity index (χ1) is 9.87. The van der Waals surface area contributed by atoms with Crippen LogP contribution in [0.2, 0.25) is 5.02 Å². The Morgan fingerprint density at radius 3 is 2.62 bits per heavy atom. The smallest absolute Gasteiger partial charge is 0.240 e. The minimum Gasteiger partial charge on any atom is -0.399 e. The highest BCUT2D eigenvalue weighted by Gasteiger charge is 2.14. The van der Waals surface area contributed by atoms with Gasteiger partial charge in [-0.05, 0) is 54.8 Å². The van der Waals surface area contributed by atoms with Crippen molar-refractivity contribution < 1.29 is 8.42 Å². The molecule has 0 aromatic heterocycles. The third-order valence-corrected chi connectivity index (χ3v) is 4.65. The van der Waals surface area contributed by atoms with Gasteiger partial charge >= 0.3 is 0 Å². The van der Waals surface area contributed by atoms with Gasteiger partial charge in [-0.15, -0.1) is 0 Å². The summed E-state index contributed by atoms with van der Waals surface area (Å²) in [5, 5.41) is 0.641. The molecule has 6 heteroatoms. The Bertz CT molecular complexity index is 725. The minimum absolute atomic E-state index is 0.186. The molecule has 3 N–H and O–H groups in total. The Morgan fingerprint density at radius 2 is 1.95 bits per heavy atom. The van der Waals surface area contributed by atoms with Crippen LogP contribution in [0.15, 0.2) is 47.4 Å². The summed E-state index contributed by atoms with van der Waals surface area (Å²) in [6.45, 7) is 2.11. The number of hydrogen-bond acceptors (Lipinski definition) is 3. The van der Waals surface area contributed by atoms with E-state index in [4.69, 9.17) is 17.3 Å². The molecular formula is C15H17ClN2O2S. The average Bonchev–Trinajstić information content (AvgIpc) is 2.37. The van der Waals surface area contributed by atoms with Gasteiger partial charge in [0.25, 0.3) is 0 Å². The van der Waals surface area contributed by atoms with E-state index >= 15 is 0 Å². The molecule has 0 spiro atoms. The van der Waals surface area contributed by atoms with E-state index in [1.54, 1.807) is 25.1 Å². The van der Waals surface area contributed by atoms with Crippen LogP contribution in [-0.4, -0.2) is 15.0 Å². The lowest BCUT2D eigenvalue weighted by Crippen LogP contribution is -2.26. The Balaban J connectivity index is 2.04. The summed E-state index contributed by atoms with van der Waals surface area (Å²) in [7, 11) is -3.55. The highest BCUT2D eigenvalue weighted by Crippen LogP contribution is 2.16. The maximum absolute atomic E-state index is 12.2. The van der Waals surface area contributed by atoms with Gasteiger partial charge < -0.3 is 5.73 Å². The lowest BCUT2D eigenvalue weighted by Gasteiger charge is -2.09. The summed E-state index contributed by atoms with van der Waals surface area (Å²) in [4.78, 5) is 0.186. The number of rotatable bonds is 5. The zero-order chi connectivity index (χ0) is 15.5. The van der Waals surface area contributed by atoms with Crippen molar-refractivity contribution in [2.75, 3.05) is 12.3 Å². The van der Waals surface area contributed by atoms with Crippen LogP contribution in [0.25, 0.3) is 0 Å². The SMILES string of the molecule is Cc1cc(N)cc(S(=O)(=O)NCCc2cccc(Cl)c2)c1. The van der Waals surface area contributed by atoms with Crippen molar-refractivity contribution in [1.29, 1.82) is 0 Å². The van der Waals surface area contributed by atoms with E-state index < -0.39 is 10.0 Å². The summed E-state index contributed by atoms with van der Waals surface area (Å²) < 4.78 is 27.0. The van der Waals surface area contributed by atoms with Gasteiger partial charge in [-0.1, -0.05) is 23.7 Å². The molecule has 0 saturated carbocycles. The van der Waals surface area contributed by atoms with Crippen molar-refractivity contribution in [3.8, 4) is 0 Å². The molecule has 0 aliphatic carbocycles. The maximum Gasteiger partial charge on any atom is 0.240 e. The van der Waals surface area contributed by atoms with E-state index in [0.29, 0.717) is 23.7 Å². The second-order valence-corrected chi connectivity index (χ2v) is 7.06. The fourth-order valence-electron chi connectivity index (χ4n) is 2.04. The predicted molar refractivity (Wildman–Crippen MR) is 85.9 cm³/mol. The fraction of sp³-hybridized carbons (Fsp3) is 0.200. The molecule has 0 radical (unpaired) electrons. The monoisotopic (exact) mass is 324 g/mol. The molecule has 2 rings (SSSR count). The van der Waals surface area contributed by atoms with Crippen LogP contribution in [0.5, 0.6) is 0 Å². The van der Waals surface area contributed by atoms with Gasteiger partial charge in [0.05, 0.1) is 4.90 Å². The summed E-state index contributed by atoms with van der Waals surface area (Å²) in [6.07, 6.45) is 0.571. The molecule has 2 aromatic rings. The van der Waals surface area contributed by atoms with Crippen LogP contribution in [0.4, 0.5) is 5.69 Å². The zero-order valence-corrected chi connectivity index (χ0v) is 13.2. The van der Waals surface area contributed by atoms with E-state index in [1.165, 1.54) is 6.07 Å². The maximum atomic E-state index is 12.2. The van der Waals surface area contributed by atoms with Crippen LogP contribution in [0.1, 0.15) is 11.1 Å². The molecule has 0 aliphatic rings. The molecule has 0 heterocycles. The molecule has 0 amide bonds. The molecular weight excluding hydrogens is 308 g/mol. The second-order valence-electron chi connectivity index (χ2n) is 4.86. The van der Waals surface area contributed by atoms with E-state index in [0.717, 1.165) is 11.1 Å². The number of nitrogens with one attached hydrogen (secondary N) is 1. The Kier molecular flexibility index (Phi) is 4.88. The number of nitrogens with two attached hydrogens (primary N) is 1. The van der Waals surface area contributed by atoms with Crippen molar-refractivity contribution in [2.24, 2.45) is 0 Å². The summed E-state index contributed by atoms with van der Waals surface area (Å²) >= 11 is 5.89. The predicted octanol–water partition coefficient (Wildman–Crippen LogP) is 2.75. The standard InChI is InChI=1S/C15H17ClN2O2S/c1-11-7-14(17)10-15(8-11)21(19,20)18-6-5-12-3-2-4-13(16)9-12/h2-4,7-10,18H,5-6,17H2,1H3.